The highest BCUT2D eigenvalue weighted by molar-refractivity contribution is 5.91. The summed E-state index contributed by atoms with van der Waals surface area (Å²) in [6, 6.07) is 23.3. The van der Waals surface area contributed by atoms with Gasteiger partial charge in [-0.25, -0.2) is 5.43 Å². The highest BCUT2D eigenvalue weighted by atomic mass is 16.6. The number of carbonyl (C=O) groups is 1. The molecular formula is C23H19N3O4. The van der Waals surface area contributed by atoms with E-state index in [1.165, 1.54) is 24.4 Å². The first kappa shape index (κ1) is 20.6. The molecule has 2 N–H and O–H groups in total. The van der Waals surface area contributed by atoms with Gasteiger partial charge in [-0.3, -0.25) is 14.9 Å². The van der Waals surface area contributed by atoms with Crippen LogP contribution in [0.25, 0.3) is 6.08 Å². The number of benzene rings is 3. The minimum absolute atomic E-state index is 0.0156. The summed E-state index contributed by atoms with van der Waals surface area (Å²) in [7, 11) is 0. The fourth-order valence-electron chi connectivity index (χ4n) is 2.90. The van der Waals surface area contributed by atoms with Crippen molar-refractivity contribution in [1.82, 2.24) is 5.43 Å². The summed E-state index contributed by atoms with van der Waals surface area (Å²) in [6.45, 7) is 0. The number of non-ortho nitro benzene ring substituents is 1. The van der Waals surface area contributed by atoms with Crippen molar-refractivity contribution in [3.63, 3.8) is 0 Å². The van der Waals surface area contributed by atoms with E-state index >= 15 is 0 Å². The molecule has 0 heterocycles. The van der Waals surface area contributed by atoms with Gasteiger partial charge in [-0.15, -0.1) is 0 Å². The number of amides is 1. The smallest absolute Gasteiger partial charge is 0.281 e. The van der Waals surface area contributed by atoms with Crippen LogP contribution in [-0.2, 0) is 10.4 Å². The summed E-state index contributed by atoms with van der Waals surface area (Å²) in [6.07, 6.45) is 4.47. The van der Waals surface area contributed by atoms with Crippen LogP contribution in [0.3, 0.4) is 0 Å². The number of hydrogen-bond donors (Lipinski definition) is 2. The molecule has 3 aromatic rings. The molecule has 0 fully saturated rings. The fourth-order valence-corrected chi connectivity index (χ4v) is 2.90. The standard InChI is InChI=1S/C23H19N3O4/c27-22(25-24-16-8-10-18-9-7-15-21(17-18)26(29)30)23(28,19-11-3-1-4-12-19)20-13-5-2-6-14-20/h1-17,28H,(H,25,27)/b10-8-,24-16-. The maximum Gasteiger partial charge on any atom is 0.281 e. The van der Waals surface area contributed by atoms with E-state index in [-0.39, 0.29) is 5.69 Å². The molecule has 0 saturated heterocycles. The Hall–Kier alpha value is -4.10. The highest BCUT2D eigenvalue weighted by Crippen LogP contribution is 2.29. The fraction of sp³-hybridized carbons (Fsp3) is 0.0435. The SMILES string of the molecule is O=C(N/N=C\C=C/c1cccc([N+](=O)[O-])c1)C(O)(c1ccccc1)c1ccccc1. The van der Waals surface area contributed by atoms with E-state index < -0.39 is 16.4 Å². The molecular weight excluding hydrogens is 382 g/mol. The highest BCUT2D eigenvalue weighted by Gasteiger charge is 2.39. The van der Waals surface area contributed by atoms with Gasteiger partial charge in [0.15, 0.2) is 5.60 Å². The van der Waals surface area contributed by atoms with Crippen LogP contribution >= 0.6 is 0 Å². The number of rotatable bonds is 7. The lowest BCUT2D eigenvalue weighted by Crippen LogP contribution is -2.43. The predicted molar refractivity (Wildman–Crippen MR) is 115 cm³/mol. The van der Waals surface area contributed by atoms with Crippen LogP contribution in [0.4, 0.5) is 5.69 Å². The van der Waals surface area contributed by atoms with E-state index in [1.54, 1.807) is 78.9 Å². The van der Waals surface area contributed by atoms with E-state index in [9.17, 15) is 20.0 Å². The molecule has 0 saturated carbocycles. The molecule has 7 heteroatoms. The second-order valence-electron chi connectivity index (χ2n) is 6.37. The Kier molecular flexibility index (Phi) is 6.46. The topological polar surface area (TPSA) is 105 Å². The molecule has 0 aliphatic rings. The molecule has 3 rings (SSSR count). The zero-order chi connectivity index (χ0) is 21.4. The van der Waals surface area contributed by atoms with E-state index in [4.69, 9.17) is 0 Å². The number of hydrogen-bond acceptors (Lipinski definition) is 5. The number of nitrogens with one attached hydrogen (secondary N) is 1. The second-order valence-corrected chi connectivity index (χ2v) is 6.37. The molecule has 3 aromatic carbocycles. The summed E-state index contributed by atoms with van der Waals surface area (Å²) < 4.78 is 0. The van der Waals surface area contributed by atoms with Gasteiger partial charge in [0.1, 0.15) is 0 Å². The Morgan fingerprint density at radius 2 is 1.57 bits per heavy atom. The summed E-state index contributed by atoms with van der Waals surface area (Å²) >= 11 is 0. The molecule has 0 aliphatic carbocycles. The van der Waals surface area contributed by atoms with Crippen LogP contribution in [-0.4, -0.2) is 22.2 Å². The molecule has 1 amide bonds. The summed E-state index contributed by atoms with van der Waals surface area (Å²) in [4.78, 5) is 23.2. The molecule has 0 aliphatic heterocycles. The number of nitro benzene ring substituents is 1. The molecule has 0 atom stereocenters. The van der Waals surface area contributed by atoms with Gasteiger partial charge >= 0.3 is 0 Å². The second kappa shape index (κ2) is 9.40. The third-order valence-corrected chi connectivity index (χ3v) is 4.41. The minimum atomic E-state index is -1.91. The molecule has 0 unspecified atom stereocenters. The summed E-state index contributed by atoms with van der Waals surface area (Å²) in [5.41, 5.74) is 1.87. The Balaban J connectivity index is 1.75. The van der Waals surface area contributed by atoms with Crippen LogP contribution in [0.15, 0.2) is 96.1 Å². The maximum absolute atomic E-state index is 12.8. The van der Waals surface area contributed by atoms with Crippen molar-refractivity contribution >= 4 is 23.9 Å². The third kappa shape index (κ3) is 4.65. The average Bonchev–Trinajstić information content (AvgIpc) is 2.79. The first-order valence-electron chi connectivity index (χ1n) is 9.10. The van der Waals surface area contributed by atoms with Crippen LogP contribution in [0.5, 0.6) is 0 Å². The quantitative estimate of drug-likeness (QED) is 0.358. The average molecular weight is 401 g/mol. The predicted octanol–water partition coefficient (Wildman–Crippen LogP) is 3.65. The largest absolute Gasteiger partial charge is 0.372 e. The van der Waals surface area contributed by atoms with Crippen molar-refractivity contribution in [3.05, 3.63) is 118 Å². The van der Waals surface area contributed by atoms with E-state index in [1.807, 2.05) is 0 Å². The van der Waals surface area contributed by atoms with Crippen molar-refractivity contribution < 1.29 is 14.8 Å². The Morgan fingerprint density at radius 3 is 2.13 bits per heavy atom. The molecule has 0 aromatic heterocycles. The van der Waals surface area contributed by atoms with Crippen molar-refractivity contribution in [2.45, 2.75) is 5.60 Å². The summed E-state index contributed by atoms with van der Waals surface area (Å²) in [5.74, 6) is -0.708. The normalized spacial score (nSPS) is 11.6. The monoisotopic (exact) mass is 401 g/mol. The number of nitrogens with zero attached hydrogens (tertiary/aromatic N) is 2. The van der Waals surface area contributed by atoms with Gasteiger partial charge in [0, 0.05) is 18.3 Å². The van der Waals surface area contributed by atoms with Gasteiger partial charge in [0.25, 0.3) is 11.6 Å². The zero-order valence-corrected chi connectivity index (χ0v) is 15.9. The Morgan fingerprint density at radius 1 is 0.967 bits per heavy atom. The molecule has 30 heavy (non-hydrogen) atoms. The zero-order valence-electron chi connectivity index (χ0n) is 15.9. The number of carbonyl (C=O) groups excluding carboxylic acids is 1. The molecule has 7 nitrogen and oxygen atoms in total. The van der Waals surface area contributed by atoms with Crippen LogP contribution < -0.4 is 5.43 Å². The van der Waals surface area contributed by atoms with E-state index in [0.29, 0.717) is 16.7 Å². The van der Waals surface area contributed by atoms with Crippen molar-refractivity contribution in [2.24, 2.45) is 5.10 Å². The molecule has 0 bridgehead atoms. The van der Waals surface area contributed by atoms with Crippen molar-refractivity contribution in [2.75, 3.05) is 0 Å². The Labute approximate surface area is 173 Å². The lowest BCUT2D eigenvalue weighted by atomic mass is 9.85. The summed E-state index contributed by atoms with van der Waals surface area (Å²) in [5, 5.41) is 25.9. The van der Waals surface area contributed by atoms with Crippen LogP contribution in [0, 0.1) is 10.1 Å². The van der Waals surface area contributed by atoms with Gasteiger partial charge in [-0.1, -0.05) is 78.9 Å². The van der Waals surface area contributed by atoms with Crippen LogP contribution in [0.1, 0.15) is 16.7 Å². The van der Waals surface area contributed by atoms with Gasteiger partial charge in [0.05, 0.1) is 4.92 Å². The first-order chi connectivity index (χ1) is 14.5. The first-order valence-corrected chi connectivity index (χ1v) is 9.10. The molecule has 0 spiro atoms. The number of aliphatic hydroxyl groups is 1. The molecule has 0 radical (unpaired) electrons. The third-order valence-electron chi connectivity index (χ3n) is 4.41. The van der Waals surface area contributed by atoms with Crippen LogP contribution in [0.2, 0.25) is 0 Å². The van der Waals surface area contributed by atoms with E-state index in [2.05, 4.69) is 10.5 Å². The minimum Gasteiger partial charge on any atom is -0.372 e. The van der Waals surface area contributed by atoms with Gasteiger partial charge in [0.2, 0.25) is 0 Å². The number of allylic oxidation sites excluding steroid dienone is 1. The van der Waals surface area contributed by atoms with Crippen molar-refractivity contribution in [3.8, 4) is 0 Å². The van der Waals surface area contributed by atoms with Crippen molar-refractivity contribution in [1.29, 1.82) is 0 Å². The van der Waals surface area contributed by atoms with Gasteiger partial charge in [-0.05, 0) is 22.8 Å². The van der Waals surface area contributed by atoms with E-state index in [0.717, 1.165) is 0 Å². The van der Waals surface area contributed by atoms with Gasteiger partial charge in [-0.2, -0.15) is 5.10 Å². The maximum atomic E-state index is 12.8. The number of nitro groups is 1. The van der Waals surface area contributed by atoms with Gasteiger partial charge < -0.3 is 5.11 Å². The lowest BCUT2D eigenvalue weighted by molar-refractivity contribution is -0.384. The number of hydrazone groups is 1. The molecule has 150 valence electrons. The lowest BCUT2D eigenvalue weighted by Gasteiger charge is -2.26. The Bertz CT molecular complexity index is 1040.